The lowest BCUT2D eigenvalue weighted by atomic mass is 9.84. The molecule has 4 aromatic rings. The van der Waals surface area contributed by atoms with Crippen molar-refractivity contribution in [1.29, 1.82) is 0 Å². The minimum absolute atomic E-state index is 0.000978. The molecule has 1 atom stereocenters. The Kier molecular flexibility index (Phi) is 6.07. The minimum atomic E-state index is -0.916. The van der Waals surface area contributed by atoms with E-state index in [1.165, 1.54) is 5.56 Å². The zero-order valence-corrected chi connectivity index (χ0v) is 19.0. The fraction of sp³-hybridized carbons (Fsp3) is 0.143. The topological polar surface area (TPSA) is 42.4 Å². The molecule has 0 saturated heterocycles. The highest BCUT2D eigenvalue weighted by molar-refractivity contribution is 7.80. The van der Waals surface area contributed by atoms with Gasteiger partial charge in [0, 0.05) is 29.4 Å². The van der Waals surface area contributed by atoms with Crippen molar-refractivity contribution in [3.8, 4) is 5.75 Å². The van der Waals surface area contributed by atoms with E-state index in [1.807, 2.05) is 36.4 Å². The lowest BCUT2D eigenvalue weighted by molar-refractivity contribution is 0.306. The number of pyridine rings is 1. The smallest absolute Gasteiger partial charge is 0.161 e. The highest BCUT2D eigenvalue weighted by atomic mass is 32.1. The molecule has 0 amide bonds. The SMILES string of the molecule is OC(=S)CCC1c2ccccc2COc2ccc(C=Cc3ccc4cc(F)c(F)cc4n3)cc21. The van der Waals surface area contributed by atoms with Crippen molar-refractivity contribution in [1.82, 2.24) is 4.98 Å². The molecule has 1 aliphatic heterocycles. The number of nitrogens with zero attached hydrogens (tertiary/aromatic N) is 1. The summed E-state index contributed by atoms with van der Waals surface area (Å²) in [5, 5.41) is 10.2. The molecule has 0 radical (unpaired) electrons. The van der Waals surface area contributed by atoms with E-state index >= 15 is 0 Å². The van der Waals surface area contributed by atoms with E-state index in [2.05, 4.69) is 23.2 Å². The first-order chi connectivity index (χ1) is 16.5. The maximum absolute atomic E-state index is 13.6. The van der Waals surface area contributed by atoms with Crippen LogP contribution >= 0.6 is 12.2 Å². The number of rotatable bonds is 5. The quantitative estimate of drug-likeness (QED) is 0.307. The van der Waals surface area contributed by atoms with Gasteiger partial charge in [-0.1, -0.05) is 42.5 Å². The molecule has 0 spiro atoms. The van der Waals surface area contributed by atoms with E-state index in [0.29, 0.717) is 36.0 Å². The van der Waals surface area contributed by atoms with Crippen LogP contribution in [0.2, 0.25) is 0 Å². The van der Waals surface area contributed by atoms with Crippen LogP contribution in [0.5, 0.6) is 5.75 Å². The van der Waals surface area contributed by atoms with Gasteiger partial charge < -0.3 is 9.84 Å². The van der Waals surface area contributed by atoms with Crippen LogP contribution in [-0.4, -0.2) is 15.1 Å². The van der Waals surface area contributed by atoms with Crippen LogP contribution in [0, 0.1) is 11.6 Å². The van der Waals surface area contributed by atoms with Gasteiger partial charge in [-0.25, -0.2) is 13.8 Å². The third kappa shape index (κ3) is 4.54. The zero-order chi connectivity index (χ0) is 23.7. The van der Waals surface area contributed by atoms with Gasteiger partial charge in [0.25, 0.3) is 0 Å². The van der Waals surface area contributed by atoms with Crippen LogP contribution < -0.4 is 4.74 Å². The van der Waals surface area contributed by atoms with Crippen LogP contribution in [0.1, 0.15) is 46.7 Å². The standard InChI is InChI=1S/C28H21F2NO2S/c29-24-14-18-7-9-20(31-26(18)15-25(24)30)8-5-17-6-11-27-23(13-17)22(10-12-28(32)34)21-4-2-1-3-19(21)16-33-27/h1-9,11,13-15,22H,10,12,16H2,(H,32,34). The Morgan fingerprint density at radius 2 is 1.82 bits per heavy atom. The highest BCUT2D eigenvalue weighted by Gasteiger charge is 2.25. The van der Waals surface area contributed by atoms with E-state index in [1.54, 1.807) is 12.1 Å². The molecule has 3 nitrogen and oxygen atoms in total. The fourth-order valence-corrected chi connectivity index (χ4v) is 4.51. The van der Waals surface area contributed by atoms with Crippen LogP contribution in [0.4, 0.5) is 8.78 Å². The number of halogens is 2. The van der Waals surface area contributed by atoms with Gasteiger partial charge in [0.2, 0.25) is 0 Å². The second kappa shape index (κ2) is 9.31. The molecule has 5 rings (SSSR count). The second-order valence-electron chi connectivity index (χ2n) is 8.30. The monoisotopic (exact) mass is 473 g/mol. The molecule has 1 unspecified atom stereocenters. The van der Waals surface area contributed by atoms with Crippen molar-refractivity contribution in [2.75, 3.05) is 0 Å². The number of benzene rings is 3. The van der Waals surface area contributed by atoms with Crippen molar-refractivity contribution >= 4 is 40.3 Å². The van der Waals surface area contributed by atoms with E-state index in [4.69, 9.17) is 17.0 Å². The van der Waals surface area contributed by atoms with E-state index in [0.717, 1.165) is 34.6 Å². The van der Waals surface area contributed by atoms with Crippen LogP contribution in [0.15, 0.2) is 66.7 Å². The predicted octanol–water partition coefficient (Wildman–Crippen LogP) is 7.37. The van der Waals surface area contributed by atoms with Crippen molar-refractivity contribution in [2.45, 2.75) is 25.4 Å². The summed E-state index contributed by atoms with van der Waals surface area (Å²) in [6, 6.07) is 19.9. The molecule has 170 valence electrons. The summed E-state index contributed by atoms with van der Waals surface area (Å²) in [4.78, 5) is 4.43. The Balaban J connectivity index is 1.49. The number of aliphatic hydroxyl groups is 1. The molecule has 0 saturated carbocycles. The summed E-state index contributed by atoms with van der Waals surface area (Å²) < 4.78 is 33.2. The second-order valence-corrected chi connectivity index (χ2v) is 8.77. The van der Waals surface area contributed by atoms with Gasteiger partial charge in [-0.3, -0.25) is 0 Å². The highest BCUT2D eigenvalue weighted by Crippen LogP contribution is 2.40. The molecule has 34 heavy (non-hydrogen) atoms. The summed E-state index contributed by atoms with van der Waals surface area (Å²) >= 11 is 4.93. The molecule has 1 aliphatic rings. The van der Waals surface area contributed by atoms with Crippen LogP contribution in [0.3, 0.4) is 0 Å². The van der Waals surface area contributed by atoms with Crippen molar-refractivity contribution in [3.05, 3.63) is 106 Å². The Labute approximate surface area is 201 Å². The van der Waals surface area contributed by atoms with Gasteiger partial charge in [0.1, 0.15) is 12.4 Å². The number of fused-ring (bicyclic) bond motifs is 3. The maximum atomic E-state index is 13.6. The van der Waals surface area contributed by atoms with Crippen molar-refractivity contribution < 1.29 is 18.6 Å². The Morgan fingerprint density at radius 3 is 2.68 bits per heavy atom. The third-order valence-electron chi connectivity index (χ3n) is 6.07. The molecule has 1 aromatic heterocycles. The molecule has 0 aliphatic carbocycles. The Morgan fingerprint density at radius 1 is 1.00 bits per heavy atom. The van der Waals surface area contributed by atoms with E-state index in [9.17, 15) is 13.9 Å². The number of aliphatic hydroxyl groups excluding tert-OH is 1. The van der Waals surface area contributed by atoms with Crippen LogP contribution in [0.25, 0.3) is 23.1 Å². The number of thiocarbonyl (C=S) groups is 1. The molecular formula is C28H21F2NO2S. The summed E-state index contributed by atoms with van der Waals surface area (Å²) in [5.41, 5.74) is 5.31. The Bertz CT molecular complexity index is 1430. The number of ether oxygens (including phenoxy) is 1. The van der Waals surface area contributed by atoms with E-state index < -0.39 is 11.6 Å². The van der Waals surface area contributed by atoms with Gasteiger partial charge in [0.05, 0.1) is 11.2 Å². The average molecular weight is 474 g/mol. The van der Waals surface area contributed by atoms with Gasteiger partial charge in [-0.05, 0) is 65.7 Å². The van der Waals surface area contributed by atoms with E-state index in [-0.39, 0.29) is 11.0 Å². The van der Waals surface area contributed by atoms with Gasteiger partial charge in [-0.15, -0.1) is 0 Å². The van der Waals surface area contributed by atoms with Gasteiger partial charge in [0.15, 0.2) is 16.7 Å². The van der Waals surface area contributed by atoms with Crippen LogP contribution in [-0.2, 0) is 6.61 Å². The predicted molar refractivity (Wildman–Crippen MR) is 134 cm³/mol. The fourth-order valence-electron chi connectivity index (χ4n) is 4.39. The molecule has 3 aromatic carbocycles. The average Bonchev–Trinajstić information content (AvgIpc) is 2.98. The summed E-state index contributed by atoms with van der Waals surface area (Å²) in [7, 11) is 0. The molecule has 1 N–H and O–H groups in total. The largest absolute Gasteiger partial charge is 0.502 e. The number of hydrogen-bond acceptors (Lipinski definition) is 3. The van der Waals surface area contributed by atoms with Crippen molar-refractivity contribution in [2.24, 2.45) is 0 Å². The lowest BCUT2D eigenvalue weighted by Crippen LogP contribution is -2.05. The normalized spacial score (nSPS) is 14.9. The van der Waals surface area contributed by atoms with Gasteiger partial charge in [-0.2, -0.15) is 0 Å². The number of aromatic nitrogens is 1. The molecule has 6 heteroatoms. The molecule has 0 bridgehead atoms. The maximum Gasteiger partial charge on any atom is 0.161 e. The molecule has 2 heterocycles. The first-order valence-corrected chi connectivity index (χ1v) is 11.4. The molecular weight excluding hydrogens is 452 g/mol. The molecule has 0 fully saturated rings. The first-order valence-electron chi connectivity index (χ1n) is 11.0. The lowest BCUT2D eigenvalue weighted by Gasteiger charge is -2.19. The summed E-state index contributed by atoms with van der Waals surface area (Å²) in [5.74, 6) is -0.962. The van der Waals surface area contributed by atoms with Gasteiger partial charge >= 0.3 is 0 Å². The minimum Gasteiger partial charge on any atom is -0.502 e. The van der Waals surface area contributed by atoms with Crippen molar-refractivity contribution in [3.63, 3.8) is 0 Å². The third-order valence-corrected chi connectivity index (χ3v) is 6.27. The number of hydrogen-bond donors (Lipinski definition) is 1. The summed E-state index contributed by atoms with van der Waals surface area (Å²) in [6.07, 6.45) is 4.86. The Hall–Kier alpha value is -3.64. The first kappa shape index (κ1) is 22.2. The zero-order valence-electron chi connectivity index (χ0n) is 18.2. The summed E-state index contributed by atoms with van der Waals surface area (Å²) in [6.45, 7) is 0.483.